The second-order valence-corrected chi connectivity index (χ2v) is 6.24. The molecule has 2 aromatic rings. The van der Waals surface area contributed by atoms with Crippen molar-refractivity contribution in [3.05, 3.63) is 58.7 Å². The molecule has 2 aromatic carbocycles. The van der Waals surface area contributed by atoms with Crippen molar-refractivity contribution >= 4 is 22.7 Å². The number of carbonyl (C=O) groups is 1. The Morgan fingerprint density at radius 3 is 2.61 bits per heavy atom. The van der Waals surface area contributed by atoms with Gasteiger partial charge >= 0.3 is 0 Å². The summed E-state index contributed by atoms with van der Waals surface area (Å²) in [5.74, 6) is 0.882. The van der Waals surface area contributed by atoms with Crippen LogP contribution in [-0.4, -0.2) is 11.5 Å². The average Bonchev–Trinajstić information content (AvgIpc) is 2.55. The van der Waals surface area contributed by atoms with Gasteiger partial charge in [-0.1, -0.05) is 43.0 Å². The summed E-state index contributed by atoms with van der Waals surface area (Å²) in [6.07, 6.45) is 2.78. The predicted molar refractivity (Wildman–Crippen MR) is 98.6 cm³/mol. The maximum Gasteiger partial charge on any atom is 0.283 e. The topological polar surface area (TPSA) is 38.3 Å². The van der Waals surface area contributed by atoms with E-state index < -0.39 is 0 Å². The van der Waals surface area contributed by atoms with Gasteiger partial charge < -0.3 is 10.1 Å². The van der Waals surface area contributed by atoms with Gasteiger partial charge in [0.25, 0.3) is 5.24 Å². The summed E-state index contributed by atoms with van der Waals surface area (Å²) in [4.78, 5) is 11.7. The van der Waals surface area contributed by atoms with E-state index in [1.807, 2.05) is 31.2 Å². The van der Waals surface area contributed by atoms with Crippen molar-refractivity contribution in [1.29, 1.82) is 0 Å². The van der Waals surface area contributed by atoms with Gasteiger partial charge in [-0.2, -0.15) is 0 Å². The van der Waals surface area contributed by atoms with Crippen LogP contribution in [0.3, 0.4) is 0 Å². The summed E-state index contributed by atoms with van der Waals surface area (Å²) in [7, 11) is 0. The Labute approximate surface area is 142 Å². The Morgan fingerprint density at radius 1 is 1.17 bits per heavy atom. The van der Waals surface area contributed by atoms with Crippen molar-refractivity contribution in [3.8, 4) is 5.75 Å². The van der Waals surface area contributed by atoms with E-state index in [9.17, 15) is 4.79 Å². The SMILES string of the molecule is CCc1ccc(OCc2c(C)cccc2NC(=O)SC)c(C)c1. The van der Waals surface area contributed by atoms with E-state index in [1.165, 1.54) is 5.56 Å². The lowest BCUT2D eigenvalue weighted by molar-refractivity contribution is 0.269. The molecule has 0 spiro atoms. The molecule has 0 aliphatic carbocycles. The van der Waals surface area contributed by atoms with Gasteiger partial charge in [0.05, 0.1) is 0 Å². The first-order valence-corrected chi connectivity index (χ1v) is 8.93. The smallest absolute Gasteiger partial charge is 0.283 e. The molecule has 0 aromatic heterocycles. The molecule has 0 saturated carbocycles. The number of anilines is 1. The molecule has 0 fully saturated rings. The van der Waals surface area contributed by atoms with Gasteiger partial charge in [-0.3, -0.25) is 4.79 Å². The Kier molecular flexibility index (Phi) is 6.11. The molecular weight excluding hydrogens is 306 g/mol. The van der Waals surface area contributed by atoms with Crippen LogP contribution in [0.15, 0.2) is 36.4 Å². The second kappa shape index (κ2) is 8.06. The number of thioether (sulfide) groups is 1. The zero-order valence-electron chi connectivity index (χ0n) is 14.1. The van der Waals surface area contributed by atoms with Crippen LogP contribution >= 0.6 is 11.8 Å². The zero-order valence-corrected chi connectivity index (χ0v) is 14.9. The Hall–Kier alpha value is -1.94. The van der Waals surface area contributed by atoms with Crippen molar-refractivity contribution in [2.45, 2.75) is 33.8 Å². The monoisotopic (exact) mass is 329 g/mol. The number of nitrogens with one attached hydrogen (secondary N) is 1. The lowest BCUT2D eigenvalue weighted by Gasteiger charge is -2.15. The lowest BCUT2D eigenvalue weighted by atomic mass is 10.1. The van der Waals surface area contributed by atoms with Crippen molar-refractivity contribution in [2.24, 2.45) is 0 Å². The first-order valence-electron chi connectivity index (χ1n) is 7.71. The molecule has 0 saturated heterocycles. The molecular formula is C19H23NO2S. The van der Waals surface area contributed by atoms with Crippen LogP contribution in [0, 0.1) is 13.8 Å². The van der Waals surface area contributed by atoms with Gasteiger partial charge in [0.15, 0.2) is 0 Å². The highest BCUT2D eigenvalue weighted by molar-refractivity contribution is 8.13. The number of ether oxygens (including phenoxy) is 1. The van der Waals surface area contributed by atoms with Crippen molar-refractivity contribution in [2.75, 3.05) is 11.6 Å². The van der Waals surface area contributed by atoms with Gasteiger partial charge in [-0.25, -0.2) is 0 Å². The van der Waals surface area contributed by atoms with Crippen molar-refractivity contribution < 1.29 is 9.53 Å². The van der Waals surface area contributed by atoms with Gasteiger partial charge in [-0.05, 0) is 55.3 Å². The maximum absolute atomic E-state index is 11.7. The first kappa shape index (κ1) is 17.4. The molecule has 2 rings (SSSR count). The second-order valence-electron chi connectivity index (χ2n) is 5.46. The highest BCUT2D eigenvalue weighted by Gasteiger charge is 2.10. The number of rotatable bonds is 5. The molecule has 1 amide bonds. The Bertz CT molecular complexity index is 698. The summed E-state index contributed by atoms with van der Waals surface area (Å²) >= 11 is 1.16. The fourth-order valence-electron chi connectivity index (χ4n) is 2.42. The molecule has 4 heteroatoms. The van der Waals surface area contributed by atoms with Crippen molar-refractivity contribution in [1.82, 2.24) is 0 Å². The number of amides is 1. The standard InChI is InChI=1S/C19H23NO2S/c1-5-15-9-10-18(14(3)11-15)22-12-16-13(2)7-6-8-17(16)20-19(21)23-4/h6-11H,5,12H2,1-4H3,(H,20,21). The first-order chi connectivity index (χ1) is 11.0. The van der Waals surface area contributed by atoms with Crippen LogP contribution in [0.2, 0.25) is 0 Å². The third-order valence-electron chi connectivity index (χ3n) is 3.85. The molecule has 0 aliphatic rings. The number of hydrogen-bond donors (Lipinski definition) is 1. The molecule has 0 heterocycles. The largest absolute Gasteiger partial charge is 0.489 e. The van der Waals surface area contributed by atoms with Crippen LogP contribution < -0.4 is 10.1 Å². The number of benzene rings is 2. The summed E-state index contributed by atoms with van der Waals surface area (Å²) < 4.78 is 6.00. The van der Waals surface area contributed by atoms with Crippen LogP contribution in [0.1, 0.15) is 29.2 Å². The molecule has 0 aliphatic heterocycles. The fourth-order valence-corrected chi connectivity index (χ4v) is 2.63. The maximum atomic E-state index is 11.7. The lowest BCUT2D eigenvalue weighted by Crippen LogP contribution is -2.09. The van der Waals surface area contributed by atoms with Crippen molar-refractivity contribution in [3.63, 3.8) is 0 Å². The minimum atomic E-state index is -0.0691. The van der Waals surface area contributed by atoms with Crippen LogP contribution in [-0.2, 0) is 13.0 Å². The average molecular weight is 329 g/mol. The number of hydrogen-bond acceptors (Lipinski definition) is 3. The highest BCUT2D eigenvalue weighted by atomic mass is 32.2. The minimum absolute atomic E-state index is 0.0691. The zero-order chi connectivity index (χ0) is 16.8. The Morgan fingerprint density at radius 2 is 1.96 bits per heavy atom. The molecule has 122 valence electrons. The van der Waals surface area contributed by atoms with E-state index in [0.29, 0.717) is 6.61 Å². The van der Waals surface area contributed by atoms with Crippen LogP contribution in [0.25, 0.3) is 0 Å². The summed E-state index contributed by atoms with van der Waals surface area (Å²) in [6, 6.07) is 12.1. The van der Waals surface area contributed by atoms with Gasteiger partial charge in [-0.15, -0.1) is 0 Å². The molecule has 0 radical (unpaired) electrons. The Balaban J connectivity index is 2.18. The number of aryl methyl sites for hydroxylation is 3. The molecule has 0 atom stereocenters. The molecule has 0 unspecified atom stereocenters. The predicted octanol–water partition coefficient (Wildman–Crippen LogP) is 5.34. The van der Waals surface area contributed by atoms with E-state index in [1.54, 1.807) is 6.26 Å². The molecule has 0 bridgehead atoms. The fraction of sp³-hybridized carbons (Fsp3) is 0.316. The van der Waals surface area contributed by atoms with E-state index in [4.69, 9.17) is 4.74 Å². The van der Waals surface area contributed by atoms with Crippen LogP contribution in [0.4, 0.5) is 10.5 Å². The van der Waals surface area contributed by atoms with E-state index in [0.717, 1.165) is 46.3 Å². The molecule has 1 N–H and O–H groups in total. The summed E-state index contributed by atoms with van der Waals surface area (Å²) in [5, 5.41) is 2.85. The third kappa shape index (κ3) is 4.52. The highest BCUT2D eigenvalue weighted by Crippen LogP contribution is 2.25. The minimum Gasteiger partial charge on any atom is -0.489 e. The summed E-state index contributed by atoms with van der Waals surface area (Å²) in [5.41, 5.74) is 5.36. The van der Waals surface area contributed by atoms with Gasteiger partial charge in [0.2, 0.25) is 0 Å². The van der Waals surface area contributed by atoms with E-state index >= 15 is 0 Å². The molecule has 23 heavy (non-hydrogen) atoms. The van der Waals surface area contributed by atoms with Crippen LogP contribution in [0.5, 0.6) is 5.75 Å². The van der Waals surface area contributed by atoms with E-state index in [-0.39, 0.29) is 5.24 Å². The normalized spacial score (nSPS) is 10.4. The number of carbonyl (C=O) groups excluding carboxylic acids is 1. The summed E-state index contributed by atoms with van der Waals surface area (Å²) in [6.45, 7) is 6.66. The van der Waals surface area contributed by atoms with Gasteiger partial charge in [0, 0.05) is 11.3 Å². The quantitative estimate of drug-likeness (QED) is 0.804. The third-order valence-corrected chi connectivity index (χ3v) is 4.32. The molecule has 3 nitrogen and oxygen atoms in total. The van der Waals surface area contributed by atoms with E-state index in [2.05, 4.69) is 31.3 Å². The van der Waals surface area contributed by atoms with Gasteiger partial charge in [0.1, 0.15) is 12.4 Å².